The van der Waals surface area contributed by atoms with E-state index in [1.165, 1.54) is 0 Å². The van der Waals surface area contributed by atoms with Gasteiger partial charge in [0.1, 0.15) is 0 Å². The molecule has 2 saturated heterocycles. The van der Waals surface area contributed by atoms with E-state index in [2.05, 4.69) is 15.9 Å². The molecule has 2 aliphatic rings. The van der Waals surface area contributed by atoms with E-state index in [-0.39, 0.29) is 24.2 Å². The molecule has 1 aromatic rings. The molecule has 0 N–H and O–H groups in total. The van der Waals surface area contributed by atoms with E-state index in [0.29, 0.717) is 32.7 Å². The van der Waals surface area contributed by atoms with Crippen molar-refractivity contribution in [2.24, 2.45) is 5.92 Å². The summed E-state index contributed by atoms with van der Waals surface area (Å²) in [7, 11) is 0. The summed E-state index contributed by atoms with van der Waals surface area (Å²) in [4.78, 5) is 41.0. The standard InChI is InChI=1S/C17H20BrN3O3/c1-12-2-3-15(14(18)8-12)21-10-13(9-16(21)23)17(24)20-6-4-19(11-22)5-7-20/h2-3,8,11,13H,4-7,9-10H2,1H3. The Morgan fingerprint density at radius 1 is 1.25 bits per heavy atom. The van der Waals surface area contributed by atoms with Crippen molar-refractivity contribution >= 4 is 39.8 Å². The summed E-state index contributed by atoms with van der Waals surface area (Å²) >= 11 is 3.50. The number of aryl methyl sites for hydroxylation is 1. The lowest BCUT2D eigenvalue weighted by molar-refractivity contribution is -0.139. The summed E-state index contributed by atoms with van der Waals surface area (Å²) in [6.07, 6.45) is 1.06. The van der Waals surface area contributed by atoms with Gasteiger partial charge in [0.05, 0.1) is 11.6 Å². The molecule has 1 unspecified atom stereocenters. The molecule has 3 rings (SSSR count). The van der Waals surface area contributed by atoms with Crippen LogP contribution < -0.4 is 4.90 Å². The van der Waals surface area contributed by atoms with E-state index in [0.717, 1.165) is 22.1 Å². The lowest BCUT2D eigenvalue weighted by atomic mass is 10.1. The molecule has 7 heteroatoms. The number of nitrogens with zero attached hydrogens (tertiary/aromatic N) is 3. The fourth-order valence-corrected chi connectivity index (χ4v) is 3.95. The molecular formula is C17H20BrN3O3. The Hall–Kier alpha value is -1.89. The number of carbonyl (C=O) groups excluding carboxylic acids is 3. The van der Waals surface area contributed by atoms with Crippen molar-refractivity contribution < 1.29 is 14.4 Å². The van der Waals surface area contributed by atoms with Crippen molar-refractivity contribution in [3.63, 3.8) is 0 Å². The zero-order chi connectivity index (χ0) is 17.3. The van der Waals surface area contributed by atoms with Gasteiger partial charge in [0.25, 0.3) is 0 Å². The van der Waals surface area contributed by atoms with E-state index in [1.807, 2.05) is 25.1 Å². The quantitative estimate of drug-likeness (QED) is 0.729. The molecule has 2 heterocycles. The van der Waals surface area contributed by atoms with Crippen LogP contribution in [-0.4, -0.2) is 60.7 Å². The van der Waals surface area contributed by atoms with Gasteiger partial charge in [-0.15, -0.1) is 0 Å². The lowest BCUT2D eigenvalue weighted by Gasteiger charge is -2.33. The third-order valence-corrected chi connectivity index (χ3v) is 5.28. The van der Waals surface area contributed by atoms with Crippen LogP contribution in [0.5, 0.6) is 0 Å². The molecule has 3 amide bonds. The zero-order valence-electron chi connectivity index (χ0n) is 13.6. The van der Waals surface area contributed by atoms with E-state index >= 15 is 0 Å². The SMILES string of the molecule is Cc1ccc(N2CC(C(=O)N3CCN(C=O)CC3)CC2=O)c(Br)c1. The number of carbonyl (C=O) groups is 3. The number of amides is 3. The molecule has 2 fully saturated rings. The molecule has 0 bridgehead atoms. The van der Waals surface area contributed by atoms with Crippen LogP contribution in [0.25, 0.3) is 0 Å². The number of benzene rings is 1. The molecule has 0 aromatic heterocycles. The number of piperazine rings is 1. The fraction of sp³-hybridized carbons (Fsp3) is 0.471. The number of hydrogen-bond acceptors (Lipinski definition) is 3. The first-order valence-corrected chi connectivity index (χ1v) is 8.83. The monoisotopic (exact) mass is 393 g/mol. The molecule has 2 aliphatic heterocycles. The summed E-state index contributed by atoms with van der Waals surface area (Å²) in [5, 5.41) is 0. The van der Waals surface area contributed by atoms with Gasteiger partial charge in [0.2, 0.25) is 18.2 Å². The van der Waals surface area contributed by atoms with Crippen molar-refractivity contribution in [1.82, 2.24) is 9.80 Å². The zero-order valence-corrected chi connectivity index (χ0v) is 15.2. The smallest absolute Gasteiger partial charge is 0.228 e. The Kier molecular flexibility index (Phi) is 4.89. The molecular weight excluding hydrogens is 374 g/mol. The maximum atomic E-state index is 12.7. The minimum Gasteiger partial charge on any atom is -0.342 e. The van der Waals surface area contributed by atoms with Crippen LogP contribution in [0.3, 0.4) is 0 Å². The van der Waals surface area contributed by atoms with Gasteiger partial charge >= 0.3 is 0 Å². The van der Waals surface area contributed by atoms with Crippen LogP contribution in [0.15, 0.2) is 22.7 Å². The first-order valence-electron chi connectivity index (χ1n) is 8.04. The summed E-state index contributed by atoms with van der Waals surface area (Å²) in [5.41, 5.74) is 1.92. The second-order valence-electron chi connectivity index (χ2n) is 6.33. The van der Waals surface area contributed by atoms with E-state index in [9.17, 15) is 14.4 Å². The van der Waals surface area contributed by atoms with Crippen LogP contribution >= 0.6 is 15.9 Å². The predicted octanol–water partition coefficient (Wildman–Crippen LogP) is 1.41. The fourth-order valence-electron chi connectivity index (χ4n) is 3.24. The van der Waals surface area contributed by atoms with Crippen molar-refractivity contribution in [3.05, 3.63) is 28.2 Å². The topological polar surface area (TPSA) is 60.9 Å². The van der Waals surface area contributed by atoms with E-state index in [1.54, 1.807) is 14.7 Å². The Balaban J connectivity index is 1.68. The molecule has 24 heavy (non-hydrogen) atoms. The van der Waals surface area contributed by atoms with Crippen molar-refractivity contribution in [2.45, 2.75) is 13.3 Å². The summed E-state index contributed by atoms with van der Waals surface area (Å²) in [5.74, 6) is -0.322. The molecule has 128 valence electrons. The van der Waals surface area contributed by atoms with Gasteiger partial charge in [-0.05, 0) is 40.5 Å². The van der Waals surface area contributed by atoms with Gasteiger partial charge in [0, 0.05) is 43.6 Å². The normalized spacial score (nSPS) is 21.3. The lowest BCUT2D eigenvalue weighted by Crippen LogP contribution is -2.50. The van der Waals surface area contributed by atoms with Gasteiger partial charge in [-0.3, -0.25) is 14.4 Å². The Labute approximate surface area is 149 Å². The molecule has 0 saturated carbocycles. The summed E-state index contributed by atoms with van der Waals surface area (Å²) < 4.78 is 0.864. The third kappa shape index (κ3) is 3.31. The summed E-state index contributed by atoms with van der Waals surface area (Å²) in [6.45, 7) is 4.60. The van der Waals surface area contributed by atoms with Crippen molar-refractivity contribution in [2.75, 3.05) is 37.6 Å². The summed E-state index contributed by atoms with van der Waals surface area (Å²) in [6, 6.07) is 5.84. The van der Waals surface area contributed by atoms with Gasteiger partial charge < -0.3 is 14.7 Å². The minimum atomic E-state index is -0.312. The molecule has 1 aromatic carbocycles. The molecule has 1 atom stereocenters. The second-order valence-corrected chi connectivity index (χ2v) is 7.18. The van der Waals surface area contributed by atoms with Crippen molar-refractivity contribution in [3.8, 4) is 0 Å². The van der Waals surface area contributed by atoms with Crippen LogP contribution in [0.1, 0.15) is 12.0 Å². The Bertz CT molecular complexity index is 671. The first kappa shape index (κ1) is 17.0. The Morgan fingerprint density at radius 2 is 1.96 bits per heavy atom. The molecule has 6 nitrogen and oxygen atoms in total. The van der Waals surface area contributed by atoms with Crippen LogP contribution in [0.2, 0.25) is 0 Å². The number of halogens is 1. The average molecular weight is 394 g/mol. The maximum Gasteiger partial charge on any atom is 0.228 e. The number of hydrogen-bond donors (Lipinski definition) is 0. The highest BCUT2D eigenvalue weighted by molar-refractivity contribution is 9.10. The van der Waals surface area contributed by atoms with Crippen molar-refractivity contribution in [1.29, 1.82) is 0 Å². The highest BCUT2D eigenvalue weighted by Crippen LogP contribution is 2.32. The van der Waals surface area contributed by atoms with Gasteiger partial charge in [-0.2, -0.15) is 0 Å². The van der Waals surface area contributed by atoms with Gasteiger partial charge in [-0.25, -0.2) is 0 Å². The van der Waals surface area contributed by atoms with Gasteiger partial charge in [0.15, 0.2) is 0 Å². The number of rotatable bonds is 3. The highest BCUT2D eigenvalue weighted by Gasteiger charge is 2.38. The molecule has 0 radical (unpaired) electrons. The maximum absolute atomic E-state index is 12.7. The highest BCUT2D eigenvalue weighted by atomic mass is 79.9. The third-order valence-electron chi connectivity index (χ3n) is 4.64. The molecule has 0 spiro atoms. The molecule has 0 aliphatic carbocycles. The van der Waals surface area contributed by atoms with Gasteiger partial charge in [-0.1, -0.05) is 6.07 Å². The van der Waals surface area contributed by atoms with Crippen LogP contribution in [0.4, 0.5) is 5.69 Å². The second kappa shape index (κ2) is 6.93. The Morgan fingerprint density at radius 3 is 2.58 bits per heavy atom. The number of anilines is 1. The minimum absolute atomic E-state index is 0.0135. The van der Waals surface area contributed by atoms with E-state index < -0.39 is 0 Å². The average Bonchev–Trinajstić information content (AvgIpc) is 2.96. The predicted molar refractivity (Wildman–Crippen MR) is 93.6 cm³/mol. The van der Waals surface area contributed by atoms with Crippen LogP contribution in [0, 0.1) is 12.8 Å². The largest absolute Gasteiger partial charge is 0.342 e. The van der Waals surface area contributed by atoms with E-state index in [4.69, 9.17) is 0 Å². The first-order chi connectivity index (χ1) is 11.5. The van der Waals surface area contributed by atoms with Crippen LogP contribution in [-0.2, 0) is 14.4 Å².